The van der Waals surface area contributed by atoms with E-state index in [1.54, 1.807) is 25.3 Å². The molecule has 2 N–H and O–H groups in total. The second-order valence-electron chi connectivity index (χ2n) is 2.21. The first-order chi connectivity index (χ1) is 5.65. The van der Waals surface area contributed by atoms with Crippen LogP contribution in [-0.2, 0) is 0 Å². The van der Waals surface area contributed by atoms with Crippen LogP contribution < -0.4 is 10.5 Å². The van der Waals surface area contributed by atoms with E-state index in [-0.39, 0.29) is 0 Å². The molecule has 4 heteroatoms. The van der Waals surface area contributed by atoms with Gasteiger partial charge in [-0.1, -0.05) is 23.8 Å². The summed E-state index contributed by atoms with van der Waals surface area (Å²) in [4.78, 5) is 0.333. The van der Waals surface area contributed by atoms with Gasteiger partial charge in [-0.15, -0.1) is 0 Å². The molecular formula is C8H8ClNOS. The van der Waals surface area contributed by atoms with Gasteiger partial charge in [0, 0.05) is 5.56 Å². The monoisotopic (exact) mass is 201 g/mol. The van der Waals surface area contributed by atoms with E-state index in [2.05, 4.69) is 0 Å². The van der Waals surface area contributed by atoms with Gasteiger partial charge < -0.3 is 10.5 Å². The van der Waals surface area contributed by atoms with Crippen LogP contribution in [-0.4, -0.2) is 12.1 Å². The predicted molar refractivity (Wildman–Crippen MR) is 53.9 cm³/mol. The van der Waals surface area contributed by atoms with Crippen LogP contribution in [0.3, 0.4) is 0 Å². The molecule has 0 fully saturated rings. The molecule has 2 nitrogen and oxygen atoms in total. The van der Waals surface area contributed by atoms with Crippen molar-refractivity contribution < 1.29 is 4.74 Å². The van der Waals surface area contributed by atoms with Crippen molar-refractivity contribution in [3.8, 4) is 5.75 Å². The molecule has 0 aromatic heterocycles. The number of halogens is 1. The molecule has 64 valence electrons. The third-order valence-electron chi connectivity index (χ3n) is 1.44. The number of hydrogen-bond donors (Lipinski definition) is 1. The third kappa shape index (κ3) is 1.87. The maximum Gasteiger partial charge on any atom is 0.137 e. The zero-order valence-electron chi connectivity index (χ0n) is 6.50. The van der Waals surface area contributed by atoms with Crippen LogP contribution in [0.25, 0.3) is 0 Å². The average molecular weight is 202 g/mol. The summed E-state index contributed by atoms with van der Waals surface area (Å²) in [7, 11) is 1.56. The van der Waals surface area contributed by atoms with Gasteiger partial charge in [0.2, 0.25) is 0 Å². The zero-order chi connectivity index (χ0) is 9.14. The van der Waals surface area contributed by atoms with E-state index in [4.69, 9.17) is 34.3 Å². The van der Waals surface area contributed by atoms with Crippen molar-refractivity contribution in [2.75, 3.05) is 7.11 Å². The lowest BCUT2D eigenvalue weighted by molar-refractivity contribution is 0.415. The molecule has 0 atom stereocenters. The smallest absolute Gasteiger partial charge is 0.137 e. The van der Waals surface area contributed by atoms with E-state index in [1.807, 2.05) is 0 Å². The van der Waals surface area contributed by atoms with Crippen molar-refractivity contribution in [3.05, 3.63) is 28.8 Å². The van der Waals surface area contributed by atoms with Crippen molar-refractivity contribution in [1.29, 1.82) is 0 Å². The average Bonchev–Trinajstić information content (AvgIpc) is 2.04. The first-order valence-corrected chi connectivity index (χ1v) is 4.07. The fourth-order valence-electron chi connectivity index (χ4n) is 0.820. The zero-order valence-corrected chi connectivity index (χ0v) is 8.08. The molecule has 0 spiro atoms. The molecule has 0 aliphatic rings. The number of ether oxygens (including phenoxy) is 1. The van der Waals surface area contributed by atoms with Crippen molar-refractivity contribution >= 4 is 28.8 Å². The number of hydrogen-bond acceptors (Lipinski definition) is 2. The minimum Gasteiger partial charge on any atom is -0.495 e. The third-order valence-corrected chi connectivity index (χ3v) is 1.97. The Hall–Kier alpha value is -0.800. The quantitative estimate of drug-likeness (QED) is 0.744. The molecular weight excluding hydrogens is 194 g/mol. The van der Waals surface area contributed by atoms with E-state index in [9.17, 15) is 0 Å². The first kappa shape index (κ1) is 9.29. The second-order valence-corrected chi connectivity index (χ2v) is 3.06. The van der Waals surface area contributed by atoms with Crippen LogP contribution in [0.1, 0.15) is 5.56 Å². The molecule has 1 rings (SSSR count). The van der Waals surface area contributed by atoms with Crippen LogP contribution >= 0.6 is 23.8 Å². The lowest BCUT2D eigenvalue weighted by atomic mass is 10.2. The van der Waals surface area contributed by atoms with E-state index >= 15 is 0 Å². The normalized spacial score (nSPS) is 9.50. The maximum absolute atomic E-state index is 5.83. The van der Waals surface area contributed by atoms with Crippen LogP contribution in [0.15, 0.2) is 18.2 Å². The van der Waals surface area contributed by atoms with Crippen molar-refractivity contribution in [2.45, 2.75) is 0 Å². The van der Waals surface area contributed by atoms with Gasteiger partial charge in [-0.3, -0.25) is 0 Å². The highest BCUT2D eigenvalue weighted by atomic mass is 35.5. The molecule has 0 radical (unpaired) electrons. The van der Waals surface area contributed by atoms with Gasteiger partial charge in [0.1, 0.15) is 10.7 Å². The topological polar surface area (TPSA) is 35.2 Å². The molecule has 0 saturated heterocycles. The predicted octanol–water partition coefficient (Wildman–Crippen LogP) is 1.98. The van der Waals surface area contributed by atoms with Crippen LogP contribution in [0.4, 0.5) is 0 Å². The molecule has 0 saturated carbocycles. The highest BCUT2D eigenvalue weighted by Gasteiger charge is 2.02. The fourth-order valence-corrected chi connectivity index (χ4v) is 1.20. The summed E-state index contributed by atoms with van der Waals surface area (Å²) in [5.74, 6) is 0.622. The SMILES string of the molecule is COc1ccc(C(N)=S)cc1Cl. The summed E-state index contributed by atoms with van der Waals surface area (Å²) in [5, 5.41) is 0.516. The summed E-state index contributed by atoms with van der Waals surface area (Å²) in [5.41, 5.74) is 6.15. The van der Waals surface area contributed by atoms with Gasteiger partial charge >= 0.3 is 0 Å². The summed E-state index contributed by atoms with van der Waals surface area (Å²) in [6, 6.07) is 5.19. The molecule has 0 unspecified atom stereocenters. The Kier molecular flexibility index (Phi) is 2.89. The van der Waals surface area contributed by atoms with Crippen molar-refractivity contribution in [2.24, 2.45) is 5.73 Å². The molecule has 0 amide bonds. The molecule has 0 aliphatic carbocycles. The largest absolute Gasteiger partial charge is 0.495 e. The number of benzene rings is 1. The van der Waals surface area contributed by atoms with Gasteiger partial charge in [0.15, 0.2) is 0 Å². The lowest BCUT2D eigenvalue weighted by Crippen LogP contribution is -2.08. The standard InChI is InChI=1S/C8H8ClNOS/c1-11-7-3-2-5(8(10)12)4-6(7)9/h2-4H,1H3,(H2,10,12). The van der Waals surface area contributed by atoms with E-state index in [0.29, 0.717) is 15.8 Å². The lowest BCUT2D eigenvalue weighted by Gasteiger charge is -2.03. The number of nitrogens with two attached hydrogens (primary N) is 1. The minimum atomic E-state index is 0.333. The highest BCUT2D eigenvalue weighted by molar-refractivity contribution is 7.80. The Labute approximate surface area is 81.3 Å². The Balaban J connectivity index is 3.10. The molecule has 0 aliphatic heterocycles. The van der Waals surface area contributed by atoms with Crippen LogP contribution in [0.5, 0.6) is 5.75 Å². The summed E-state index contributed by atoms with van der Waals surface area (Å²) in [6.45, 7) is 0. The Morgan fingerprint density at radius 1 is 1.58 bits per heavy atom. The Morgan fingerprint density at radius 2 is 2.25 bits per heavy atom. The maximum atomic E-state index is 5.83. The Bertz CT molecular complexity index is 314. The van der Waals surface area contributed by atoms with Gasteiger partial charge in [-0.25, -0.2) is 0 Å². The first-order valence-electron chi connectivity index (χ1n) is 3.28. The van der Waals surface area contributed by atoms with E-state index in [1.165, 1.54) is 0 Å². The van der Waals surface area contributed by atoms with E-state index in [0.717, 1.165) is 5.56 Å². The number of rotatable bonds is 2. The molecule has 0 heterocycles. The molecule has 1 aromatic rings. The minimum absolute atomic E-state index is 0.333. The molecule has 1 aromatic carbocycles. The fraction of sp³-hybridized carbons (Fsp3) is 0.125. The second kappa shape index (κ2) is 3.74. The molecule has 12 heavy (non-hydrogen) atoms. The van der Waals surface area contributed by atoms with Gasteiger partial charge in [0.05, 0.1) is 12.1 Å². The number of methoxy groups -OCH3 is 1. The van der Waals surface area contributed by atoms with Gasteiger partial charge in [-0.2, -0.15) is 0 Å². The summed E-state index contributed by atoms with van der Waals surface area (Å²) >= 11 is 10.6. The van der Waals surface area contributed by atoms with Gasteiger partial charge in [0.25, 0.3) is 0 Å². The summed E-state index contributed by atoms with van der Waals surface area (Å²) in [6.07, 6.45) is 0. The molecule has 0 bridgehead atoms. The van der Waals surface area contributed by atoms with Crippen molar-refractivity contribution in [3.63, 3.8) is 0 Å². The Morgan fingerprint density at radius 3 is 2.67 bits per heavy atom. The highest BCUT2D eigenvalue weighted by Crippen LogP contribution is 2.24. The van der Waals surface area contributed by atoms with E-state index < -0.39 is 0 Å². The van der Waals surface area contributed by atoms with Crippen LogP contribution in [0.2, 0.25) is 5.02 Å². The number of thiocarbonyl (C=S) groups is 1. The van der Waals surface area contributed by atoms with Crippen molar-refractivity contribution in [1.82, 2.24) is 0 Å². The summed E-state index contributed by atoms with van der Waals surface area (Å²) < 4.78 is 4.96. The van der Waals surface area contributed by atoms with Crippen LogP contribution in [0, 0.1) is 0 Å². The van der Waals surface area contributed by atoms with Gasteiger partial charge in [-0.05, 0) is 18.2 Å².